The van der Waals surface area contributed by atoms with Crippen LogP contribution < -0.4 is 5.32 Å². The van der Waals surface area contributed by atoms with Crippen LogP contribution in [0.25, 0.3) is 0 Å². The number of hydrogen-bond acceptors (Lipinski definition) is 2. The van der Waals surface area contributed by atoms with Gasteiger partial charge in [-0.3, -0.25) is 4.79 Å². The average molecular weight is 381 g/mol. The molecule has 1 aromatic carbocycles. The number of anilines is 1. The van der Waals surface area contributed by atoms with Gasteiger partial charge in [-0.1, -0.05) is 0 Å². The summed E-state index contributed by atoms with van der Waals surface area (Å²) in [6, 6.07) is 2.30. The fraction of sp³-hybridized carbons (Fsp3) is 0.385. The first-order valence-corrected chi connectivity index (χ1v) is 7.13. The first-order valence-electron chi connectivity index (χ1n) is 6.34. The highest BCUT2D eigenvalue weighted by atomic mass is 79.9. The van der Waals surface area contributed by atoms with Crippen molar-refractivity contribution < 1.29 is 27.9 Å². The number of alkyl halides is 3. The Balaban J connectivity index is 2.10. The van der Waals surface area contributed by atoms with E-state index in [0.717, 1.165) is 12.1 Å². The minimum Gasteiger partial charge on any atom is -0.481 e. The second kappa shape index (κ2) is 6.15. The Kier molecular flexibility index (Phi) is 4.64. The van der Waals surface area contributed by atoms with Crippen LogP contribution in [0, 0.1) is 5.92 Å². The summed E-state index contributed by atoms with van der Waals surface area (Å²) in [5.74, 6) is -1.63. The van der Waals surface area contributed by atoms with Crippen LogP contribution in [0.2, 0.25) is 0 Å². The molecule has 1 heterocycles. The number of rotatable bonds is 2. The van der Waals surface area contributed by atoms with E-state index in [1.54, 1.807) is 0 Å². The predicted molar refractivity (Wildman–Crippen MR) is 75.5 cm³/mol. The molecule has 1 aliphatic heterocycles. The number of likely N-dealkylation sites (tertiary alicyclic amines) is 1. The van der Waals surface area contributed by atoms with Gasteiger partial charge in [0.15, 0.2) is 0 Å². The molecule has 22 heavy (non-hydrogen) atoms. The lowest BCUT2D eigenvalue weighted by molar-refractivity contribution is -0.141. The molecule has 0 radical (unpaired) electrons. The lowest BCUT2D eigenvalue weighted by Crippen LogP contribution is -2.34. The van der Waals surface area contributed by atoms with Crippen LogP contribution in [0.1, 0.15) is 12.0 Å². The zero-order valence-electron chi connectivity index (χ0n) is 11.2. The summed E-state index contributed by atoms with van der Waals surface area (Å²) in [5, 5.41) is 11.3. The number of benzene rings is 1. The Labute approximate surface area is 132 Å². The number of amides is 2. The van der Waals surface area contributed by atoms with Crippen LogP contribution in [0.15, 0.2) is 22.7 Å². The quantitative estimate of drug-likeness (QED) is 0.825. The third kappa shape index (κ3) is 3.70. The van der Waals surface area contributed by atoms with Crippen LogP contribution in [-0.2, 0) is 11.0 Å². The minimum absolute atomic E-state index is 0.0152. The number of halogens is 4. The van der Waals surface area contributed by atoms with Gasteiger partial charge in [0.05, 0.1) is 17.2 Å². The molecule has 1 aromatic rings. The first kappa shape index (κ1) is 16.6. The molecule has 0 bridgehead atoms. The van der Waals surface area contributed by atoms with E-state index in [0.29, 0.717) is 10.9 Å². The SMILES string of the molecule is O=C(O)C1CCN(C(=O)Nc2cc(C(F)(F)F)ccc2Br)C1. The highest BCUT2D eigenvalue weighted by Gasteiger charge is 2.33. The van der Waals surface area contributed by atoms with Crippen molar-refractivity contribution >= 4 is 33.6 Å². The Morgan fingerprint density at radius 3 is 2.59 bits per heavy atom. The van der Waals surface area contributed by atoms with E-state index in [1.807, 2.05) is 0 Å². The summed E-state index contributed by atoms with van der Waals surface area (Å²) in [6.07, 6.45) is -4.19. The number of nitrogens with one attached hydrogen (secondary N) is 1. The fourth-order valence-electron chi connectivity index (χ4n) is 2.14. The maximum absolute atomic E-state index is 12.7. The van der Waals surface area contributed by atoms with E-state index < -0.39 is 29.7 Å². The number of carbonyl (C=O) groups is 2. The fourth-order valence-corrected chi connectivity index (χ4v) is 2.48. The van der Waals surface area contributed by atoms with E-state index >= 15 is 0 Å². The molecular formula is C13H12BrF3N2O3. The molecule has 2 N–H and O–H groups in total. The largest absolute Gasteiger partial charge is 0.481 e. The number of carboxylic acid groups (broad SMARTS) is 1. The van der Waals surface area contributed by atoms with Gasteiger partial charge in [0.1, 0.15) is 0 Å². The van der Waals surface area contributed by atoms with Crippen molar-refractivity contribution in [1.29, 1.82) is 0 Å². The highest BCUT2D eigenvalue weighted by Crippen LogP contribution is 2.34. The van der Waals surface area contributed by atoms with E-state index in [4.69, 9.17) is 5.11 Å². The molecule has 1 saturated heterocycles. The normalized spacial score (nSPS) is 18.4. The molecule has 0 spiro atoms. The number of nitrogens with zero attached hydrogens (tertiary/aromatic N) is 1. The van der Waals surface area contributed by atoms with Crippen molar-refractivity contribution in [3.05, 3.63) is 28.2 Å². The van der Waals surface area contributed by atoms with Gasteiger partial charge in [-0.2, -0.15) is 13.2 Å². The number of urea groups is 1. The van der Waals surface area contributed by atoms with Crippen LogP contribution >= 0.6 is 15.9 Å². The summed E-state index contributed by atoms with van der Waals surface area (Å²) in [4.78, 5) is 24.1. The van der Waals surface area contributed by atoms with Crippen molar-refractivity contribution in [1.82, 2.24) is 4.90 Å². The summed E-state index contributed by atoms with van der Waals surface area (Å²) in [6.45, 7) is 0.289. The monoisotopic (exact) mass is 380 g/mol. The van der Waals surface area contributed by atoms with Gasteiger partial charge in [0.2, 0.25) is 0 Å². The van der Waals surface area contributed by atoms with Gasteiger partial charge in [-0.05, 0) is 40.5 Å². The number of carbonyl (C=O) groups excluding carboxylic acids is 1. The lowest BCUT2D eigenvalue weighted by atomic mass is 10.1. The van der Waals surface area contributed by atoms with E-state index in [2.05, 4.69) is 21.2 Å². The van der Waals surface area contributed by atoms with E-state index in [9.17, 15) is 22.8 Å². The van der Waals surface area contributed by atoms with Gasteiger partial charge in [-0.15, -0.1) is 0 Å². The van der Waals surface area contributed by atoms with Gasteiger partial charge >= 0.3 is 18.2 Å². The lowest BCUT2D eigenvalue weighted by Gasteiger charge is -2.18. The second-order valence-electron chi connectivity index (χ2n) is 4.89. The third-order valence-corrected chi connectivity index (χ3v) is 4.05. The molecule has 0 aliphatic carbocycles. The molecule has 2 rings (SSSR count). The van der Waals surface area contributed by atoms with Gasteiger partial charge in [0.25, 0.3) is 0 Å². The maximum atomic E-state index is 12.7. The molecular weight excluding hydrogens is 369 g/mol. The average Bonchev–Trinajstić information content (AvgIpc) is 2.89. The summed E-state index contributed by atoms with van der Waals surface area (Å²) < 4.78 is 38.3. The van der Waals surface area contributed by atoms with E-state index in [-0.39, 0.29) is 18.8 Å². The van der Waals surface area contributed by atoms with Crippen molar-refractivity contribution in [2.24, 2.45) is 5.92 Å². The number of aliphatic carboxylic acids is 1. The summed E-state index contributed by atoms with van der Waals surface area (Å²) in [7, 11) is 0. The molecule has 120 valence electrons. The molecule has 2 amide bonds. The van der Waals surface area contributed by atoms with Crippen molar-refractivity contribution in [2.75, 3.05) is 18.4 Å². The van der Waals surface area contributed by atoms with Crippen molar-refractivity contribution in [3.63, 3.8) is 0 Å². The minimum atomic E-state index is -4.51. The van der Waals surface area contributed by atoms with Gasteiger partial charge in [0, 0.05) is 17.6 Å². The smallest absolute Gasteiger partial charge is 0.416 e. The predicted octanol–water partition coefficient (Wildman–Crippen LogP) is 3.41. The van der Waals surface area contributed by atoms with E-state index in [1.165, 1.54) is 11.0 Å². The molecule has 0 aromatic heterocycles. The van der Waals surface area contributed by atoms with Gasteiger partial charge in [-0.25, -0.2) is 4.79 Å². The van der Waals surface area contributed by atoms with Crippen LogP contribution in [0.5, 0.6) is 0 Å². The zero-order valence-corrected chi connectivity index (χ0v) is 12.7. The first-order chi connectivity index (χ1) is 10.2. The molecule has 5 nitrogen and oxygen atoms in total. The summed E-state index contributed by atoms with van der Waals surface area (Å²) in [5.41, 5.74) is -0.894. The summed E-state index contributed by atoms with van der Waals surface area (Å²) >= 11 is 3.07. The Hall–Kier alpha value is -1.77. The Morgan fingerprint density at radius 2 is 2.05 bits per heavy atom. The van der Waals surface area contributed by atoms with Crippen LogP contribution in [-0.4, -0.2) is 35.1 Å². The molecule has 1 atom stereocenters. The van der Waals surface area contributed by atoms with Gasteiger partial charge < -0.3 is 15.3 Å². The number of hydrogen-bond donors (Lipinski definition) is 2. The molecule has 9 heteroatoms. The highest BCUT2D eigenvalue weighted by molar-refractivity contribution is 9.10. The Morgan fingerprint density at radius 1 is 1.36 bits per heavy atom. The zero-order chi connectivity index (χ0) is 16.5. The topological polar surface area (TPSA) is 69.6 Å². The molecule has 1 aliphatic rings. The third-order valence-electron chi connectivity index (χ3n) is 3.36. The Bertz CT molecular complexity index is 607. The molecule has 0 saturated carbocycles. The molecule has 1 unspecified atom stereocenters. The van der Waals surface area contributed by atoms with Crippen LogP contribution in [0.3, 0.4) is 0 Å². The standard InChI is InChI=1S/C13H12BrF3N2O3/c14-9-2-1-8(13(15,16)17)5-10(9)18-12(22)19-4-3-7(6-19)11(20)21/h1-2,5,7H,3-4,6H2,(H,18,22)(H,20,21). The second-order valence-corrected chi connectivity index (χ2v) is 5.75. The number of carboxylic acids is 1. The van der Waals surface area contributed by atoms with Crippen molar-refractivity contribution in [2.45, 2.75) is 12.6 Å². The van der Waals surface area contributed by atoms with Crippen molar-refractivity contribution in [3.8, 4) is 0 Å². The van der Waals surface area contributed by atoms with Crippen LogP contribution in [0.4, 0.5) is 23.7 Å². The molecule has 1 fully saturated rings. The maximum Gasteiger partial charge on any atom is 0.416 e.